The topological polar surface area (TPSA) is 90.0 Å². The van der Waals surface area contributed by atoms with Gasteiger partial charge in [-0.05, 0) is 32.0 Å². The first-order valence-electron chi connectivity index (χ1n) is 6.27. The predicted octanol–water partition coefficient (Wildman–Crippen LogP) is 1.73. The van der Waals surface area contributed by atoms with Gasteiger partial charge in [0.25, 0.3) is 5.56 Å². The van der Waals surface area contributed by atoms with E-state index in [9.17, 15) is 9.59 Å². The smallest absolute Gasteiger partial charge is 0.254 e. The first-order valence-corrected chi connectivity index (χ1v) is 6.64. The monoisotopic (exact) mass is 306 g/mol. The molecule has 0 fully saturated rings. The fourth-order valence-corrected chi connectivity index (χ4v) is 2.10. The Kier molecular flexibility index (Phi) is 4.28. The van der Waals surface area contributed by atoms with E-state index in [1.54, 1.807) is 32.0 Å². The number of aromatic nitrogens is 2. The quantitative estimate of drug-likeness (QED) is 0.845. The van der Waals surface area contributed by atoms with Crippen LogP contribution in [-0.4, -0.2) is 15.5 Å². The Morgan fingerprint density at radius 1 is 1.38 bits per heavy atom. The lowest BCUT2D eigenvalue weighted by atomic mass is 10.2. The number of carbonyl (C=O) groups is 1. The molecule has 21 heavy (non-hydrogen) atoms. The van der Waals surface area contributed by atoms with Crippen LogP contribution in [0.4, 0.5) is 11.4 Å². The Morgan fingerprint density at radius 2 is 2.10 bits per heavy atom. The van der Waals surface area contributed by atoms with Crippen LogP contribution >= 0.6 is 11.6 Å². The number of nitrogens with zero attached hydrogens (tertiary/aromatic N) is 2. The Hall–Kier alpha value is -2.34. The van der Waals surface area contributed by atoms with Crippen molar-refractivity contribution in [3.05, 3.63) is 51.2 Å². The molecule has 2 rings (SSSR count). The van der Waals surface area contributed by atoms with Crippen LogP contribution in [0, 0.1) is 13.8 Å². The molecule has 0 atom stereocenters. The van der Waals surface area contributed by atoms with Crippen molar-refractivity contribution in [3.8, 4) is 0 Å². The lowest BCUT2D eigenvalue weighted by Crippen LogP contribution is -2.30. The number of amides is 1. The van der Waals surface area contributed by atoms with Gasteiger partial charge in [0.05, 0.1) is 11.4 Å². The van der Waals surface area contributed by atoms with Crippen molar-refractivity contribution in [3.63, 3.8) is 0 Å². The average Bonchev–Trinajstić information content (AvgIpc) is 2.38. The Bertz CT molecular complexity index is 755. The minimum Gasteiger partial charge on any atom is -0.397 e. The standard InChI is InChI=1S/C14H15ClN4O2/c1-8-5-14(21)19(9(2)17-8)7-13(20)18-12-6-10(15)3-4-11(12)16/h3-6H,7,16H2,1-2H3,(H,18,20). The second-order valence-electron chi connectivity index (χ2n) is 4.65. The number of nitrogen functional groups attached to an aromatic ring is 1. The Balaban J connectivity index is 2.20. The summed E-state index contributed by atoms with van der Waals surface area (Å²) < 4.78 is 1.29. The van der Waals surface area contributed by atoms with Crippen LogP contribution in [0.5, 0.6) is 0 Å². The number of nitrogens with one attached hydrogen (secondary N) is 1. The van der Waals surface area contributed by atoms with Crippen molar-refractivity contribution < 1.29 is 4.79 Å². The molecule has 0 unspecified atom stereocenters. The van der Waals surface area contributed by atoms with E-state index in [4.69, 9.17) is 17.3 Å². The van der Waals surface area contributed by atoms with E-state index in [0.717, 1.165) is 0 Å². The fourth-order valence-electron chi connectivity index (χ4n) is 1.93. The Morgan fingerprint density at radius 3 is 2.76 bits per heavy atom. The summed E-state index contributed by atoms with van der Waals surface area (Å²) in [6.07, 6.45) is 0. The first kappa shape index (κ1) is 15.1. The molecule has 0 saturated carbocycles. The second kappa shape index (κ2) is 5.97. The van der Waals surface area contributed by atoms with Crippen molar-refractivity contribution in [2.45, 2.75) is 20.4 Å². The maximum absolute atomic E-state index is 12.0. The fraction of sp³-hybridized carbons (Fsp3) is 0.214. The molecule has 0 radical (unpaired) electrons. The highest BCUT2D eigenvalue weighted by Gasteiger charge is 2.10. The highest BCUT2D eigenvalue weighted by atomic mass is 35.5. The normalized spacial score (nSPS) is 10.4. The first-order chi connectivity index (χ1) is 9.86. The summed E-state index contributed by atoms with van der Waals surface area (Å²) in [6.45, 7) is 3.27. The van der Waals surface area contributed by atoms with Crippen molar-refractivity contribution >= 4 is 28.9 Å². The largest absolute Gasteiger partial charge is 0.397 e. The molecule has 7 heteroatoms. The third-order valence-corrected chi connectivity index (χ3v) is 3.15. The number of carbonyl (C=O) groups excluding carboxylic acids is 1. The van der Waals surface area contributed by atoms with E-state index in [-0.39, 0.29) is 18.0 Å². The minimum atomic E-state index is -0.375. The molecular weight excluding hydrogens is 292 g/mol. The van der Waals surface area contributed by atoms with E-state index < -0.39 is 0 Å². The molecule has 1 amide bonds. The van der Waals surface area contributed by atoms with E-state index in [0.29, 0.717) is 27.9 Å². The van der Waals surface area contributed by atoms with Crippen molar-refractivity contribution in [2.75, 3.05) is 11.1 Å². The van der Waals surface area contributed by atoms with Crippen molar-refractivity contribution in [1.29, 1.82) is 0 Å². The van der Waals surface area contributed by atoms with Crippen molar-refractivity contribution in [2.24, 2.45) is 0 Å². The lowest BCUT2D eigenvalue weighted by molar-refractivity contribution is -0.116. The number of hydrogen-bond donors (Lipinski definition) is 2. The van der Waals surface area contributed by atoms with Crippen LogP contribution < -0.4 is 16.6 Å². The molecule has 1 aromatic carbocycles. The maximum atomic E-state index is 12.0. The molecule has 2 aromatic rings. The van der Waals surface area contributed by atoms with Crippen LogP contribution in [-0.2, 0) is 11.3 Å². The van der Waals surface area contributed by atoms with Crippen LogP contribution in [0.2, 0.25) is 5.02 Å². The number of aryl methyl sites for hydroxylation is 2. The zero-order valence-electron chi connectivity index (χ0n) is 11.7. The van der Waals surface area contributed by atoms with Gasteiger partial charge in [0, 0.05) is 16.8 Å². The SMILES string of the molecule is Cc1cc(=O)n(CC(=O)Nc2cc(Cl)ccc2N)c(C)n1. The summed E-state index contributed by atoms with van der Waals surface area (Å²) in [5, 5.41) is 3.10. The van der Waals surface area contributed by atoms with Gasteiger partial charge < -0.3 is 11.1 Å². The van der Waals surface area contributed by atoms with Gasteiger partial charge in [0.15, 0.2) is 0 Å². The Labute approximate surface area is 126 Å². The molecule has 0 saturated heterocycles. The summed E-state index contributed by atoms with van der Waals surface area (Å²) in [5.74, 6) is 0.106. The van der Waals surface area contributed by atoms with Gasteiger partial charge in [-0.2, -0.15) is 0 Å². The van der Waals surface area contributed by atoms with Crippen LogP contribution in [0.25, 0.3) is 0 Å². The van der Waals surface area contributed by atoms with E-state index in [1.807, 2.05) is 0 Å². The van der Waals surface area contributed by atoms with Crippen LogP contribution in [0.1, 0.15) is 11.5 Å². The van der Waals surface area contributed by atoms with Gasteiger partial charge >= 0.3 is 0 Å². The number of halogens is 1. The van der Waals surface area contributed by atoms with Gasteiger partial charge in [0.1, 0.15) is 12.4 Å². The molecule has 3 N–H and O–H groups in total. The number of benzene rings is 1. The molecule has 0 aliphatic heterocycles. The highest BCUT2D eigenvalue weighted by molar-refractivity contribution is 6.31. The van der Waals surface area contributed by atoms with Gasteiger partial charge in [0.2, 0.25) is 5.91 Å². The van der Waals surface area contributed by atoms with Crippen LogP contribution in [0.3, 0.4) is 0 Å². The molecule has 0 bridgehead atoms. The van der Waals surface area contributed by atoms with E-state index >= 15 is 0 Å². The van der Waals surface area contributed by atoms with Gasteiger partial charge in [-0.1, -0.05) is 11.6 Å². The van der Waals surface area contributed by atoms with Gasteiger partial charge in [-0.15, -0.1) is 0 Å². The molecule has 0 aliphatic carbocycles. The molecular formula is C14H15ClN4O2. The lowest BCUT2D eigenvalue weighted by Gasteiger charge is -2.11. The molecule has 1 aromatic heterocycles. The van der Waals surface area contributed by atoms with Gasteiger partial charge in [-0.3, -0.25) is 14.2 Å². The predicted molar refractivity (Wildman–Crippen MR) is 82.5 cm³/mol. The summed E-state index contributed by atoms with van der Waals surface area (Å²) in [4.78, 5) is 28.1. The summed E-state index contributed by atoms with van der Waals surface area (Å²) >= 11 is 5.86. The number of rotatable bonds is 3. The summed E-state index contributed by atoms with van der Waals surface area (Å²) in [7, 11) is 0. The zero-order valence-corrected chi connectivity index (χ0v) is 12.4. The molecule has 110 valence electrons. The zero-order chi connectivity index (χ0) is 15.6. The van der Waals surface area contributed by atoms with E-state index in [1.165, 1.54) is 10.6 Å². The molecule has 6 nitrogen and oxygen atoms in total. The average molecular weight is 307 g/mol. The highest BCUT2D eigenvalue weighted by Crippen LogP contribution is 2.22. The van der Waals surface area contributed by atoms with Crippen molar-refractivity contribution in [1.82, 2.24) is 9.55 Å². The number of anilines is 2. The third kappa shape index (κ3) is 3.61. The number of hydrogen-bond acceptors (Lipinski definition) is 4. The second-order valence-corrected chi connectivity index (χ2v) is 5.09. The molecule has 0 aliphatic rings. The third-order valence-electron chi connectivity index (χ3n) is 2.92. The van der Waals surface area contributed by atoms with Gasteiger partial charge in [-0.25, -0.2) is 4.98 Å². The number of nitrogens with two attached hydrogens (primary N) is 1. The minimum absolute atomic E-state index is 0.135. The molecule has 1 heterocycles. The van der Waals surface area contributed by atoms with E-state index in [2.05, 4.69) is 10.3 Å². The summed E-state index contributed by atoms with van der Waals surface area (Å²) in [6, 6.07) is 6.17. The van der Waals surface area contributed by atoms with Crippen LogP contribution in [0.15, 0.2) is 29.1 Å². The molecule has 0 spiro atoms. The summed E-state index contributed by atoms with van der Waals surface area (Å²) in [5.41, 5.74) is 6.92. The maximum Gasteiger partial charge on any atom is 0.254 e.